The van der Waals surface area contributed by atoms with Crippen LogP contribution in [0.25, 0.3) is 0 Å². The van der Waals surface area contributed by atoms with E-state index in [1.165, 1.54) is 12.1 Å². The van der Waals surface area contributed by atoms with Gasteiger partial charge in [-0.25, -0.2) is 0 Å². The number of hydrogen-bond acceptors (Lipinski definition) is 7. The summed E-state index contributed by atoms with van der Waals surface area (Å²) in [5.74, 6) is 0.259. The third-order valence-corrected chi connectivity index (χ3v) is 6.32. The second kappa shape index (κ2) is 7.64. The van der Waals surface area contributed by atoms with E-state index in [0.29, 0.717) is 41.3 Å². The summed E-state index contributed by atoms with van der Waals surface area (Å²) in [7, 11) is 0. The standard InChI is InChI=1S/C22H23N5O4/c28-16-9-5-8-15-18(16)17(13-6-4-7-14(12-13)27(30)31)19-20(23-15)24-22(25-21(19)29)26-10-2-1-3-11-26/h4,6-7,12,17H,1-3,5,8-11H2,(H2,23,24,25,29)/t17-/m0/s1. The normalized spacial score (nSPS) is 20.7. The molecule has 9 heteroatoms. The fourth-order valence-corrected chi connectivity index (χ4v) is 4.86. The summed E-state index contributed by atoms with van der Waals surface area (Å²) in [6.45, 7) is 1.67. The van der Waals surface area contributed by atoms with Gasteiger partial charge in [0.2, 0.25) is 5.95 Å². The number of nitro groups is 1. The number of fused-ring (bicyclic) bond motifs is 1. The third kappa shape index (κ3) is 3.39. The number of aromatic amines is 1. The summed E-state index contributed by atoms with van der Waals surface area (Å²) in [5.41, 5.74) is 1.80. The van der Waals surface area contributed by atoms with E-state index in [2.05, 4.69) is 15.2 Å². The SMILES string of the molecule is O=C1CCCC2=C1[C@H](c1cccc([N+](=O)[O-])c1)c1c(nc(N3CCCCC3)[nH]c1=O)N2. The monoisotopic (exact) mass is 421 g/mol. The van der Waals surface area contributed by atoms with Crippen LogP contribution in [0.2, 0.25) is 0 Å². The predicted molar refractivity (Wildman–Crippen MR) is 115 cm³/mol. The van der Waals surface area contributed by atoms with E-state index in [0.717, 1.165) is 44.5 Å². The number of benzene rings is 1. The second-order valence-corrected chi connectivity index (χ2v) is 8.28. The van der Waals surface area contributed by atoms with Crippen molar-refractivity contribution < 1.29 is 9.72 Å². The molecule has 1 atom stereocenters. The minimum absolute atomic E-state index is 0.0320. The molecule has 2 N–H and O–H groups in total. The summed E-state index contributed by atoms with van der Waals surface area (Å²) in [4.78, 5) is 46.8. The zero-order valence-electron chi connectivity index (χ0n) is 17.0. The number of nitro benzene ring substituents is 1. The van der Waals surface area contributed by atoms with E-state index < -0.39 is 10.8 Å². The molecule has 3 aliphatic rings. The van der Waals surface area contributed by atoms with Gasteiger partial charge in [0.05, 0.1) is 10.5 Å². The van der Waals surface area contributed by atoms with Crippen LogP contribution >= 0.6 is 0 Å². The number of carbonyl (C=O) groups is 1. The van der Waals surface area contributed by atoms with Crippen LogP contribution in [0.15, 0.2) is 40.3 Å². The summed E-state index contributed by atoms with van der Waals surface area (Å²) in [6.07, 6.45) is 5.07. The van der Waals surface area contributed by atoms with Gasteiger partial charge in [0.25, 0.3) is 11.2 Å². The second-order valence-electron chi connectivity index (χ2n) is 8.28. The van der Waals surface area contributed by atoms with E-state index in [1.807, 2.05) is 0 Å². The number of anilines is 2. The van der Waals surface area contributed by atoms with Crippen LogP contribution < -0.4 is 15.8 Å². The zero-order valence-corrected chi connectivity index (χ0v) is 17.0. The largest absolute Gasteiger partial charge is 0.343 e. The number of non-ortho nitro benzene ring substituents is 1. The molecular weight excluding hydrogens is 398 g/mol. The van der Waals surface area contributed by atoms with Crippen LogP contribution in [0.1, 0.15) is 55.6 Å². The molecule has 2 aliphatic heterocycles. The van der Waals surface area contributed by atoms with Gasteiger partial charge >= 0.3 is 0 Å². The van der Waals surface area contributed by atoms with Crippen molar-refractivity contribution in [1.29, 1.82) is 0 Å². The van der Waals surface area contributed by atoms with Crippen molar-refractivity contribution in [2.75, 3.05) is 23.3 Å². The molecule has 0 spiro atoms. The van der Waals surface area contributed by atoms with Crippen molar-refractivity contribution in [2.45, 2.75) is 44.4 Å². The van der Waals surface area contributed by atoms with E-state index in [9.17, 15) is 19.7 Å². The molecule has 1 saturated heterocycles. The van der Waals surface area contributed by atoms with Gasteiger partial charge in [0, 0.05) is 48.8 Å². The molecule has 5 rings (SSSR count). The van der Waals surface area contributed by atoms with Crippen LogP contribution in [0, 0.1) is 10.1 Å². The number of allylic oxidation sites excluding steroid dienone is 2. The molecular formula is C22H23N5O4. The first-order chi connectivity index (χ1) is 15.0. The Labute approximate surface area is 178 Å². The molecule has 1 fully saturated rings. The lowest BCUT2D eigenvalue weighted by atomic mass is 9.76. The van der Waals surface area contributed by atoms with Gasteiger partial charge in [-0.1, -0.05) is 12.1 Å². The molecule has 0 bridgehead atoms. The molecule has 31 heavy (non-hydrogen) atoms. The van der Waals surface area contributed by atoms with Crippen molar-refractivity contribution in [3.05, 3.63) is 67.1 Å². The van der Waals surface area contributed by atoms with Crippen molar-refractivity contribution in [1.82, 2.24) is 9.97 Å². The maximum Gasteiger partial charge on any atom is 0.269 e. The van der Waals surface area contributed by atoms with Crippen LogP contribution in [0.3, 0.4) is 0 Å². The Kier molecular flexibility index (Phi) is 4.80. The van der Waals surface area contributed by atoms with Gasteiger partial charge in [-0.2, -0.15) is 4.98 Å². The molecule has 2 aromatic rings. The van der Waals surface area contributed by atoms with E-state index in [4.69, 9.17) is 4.98 Å². The summed E-state index contributed by atoms with van der Waals surface area (Å²) < 4.78 is 0. The number of carbonyl (C=O) groups excluding carboxylic acids is 1. The van der Waals surface area contributed by atoms with Crippen LogP contribution in [0.5, 0.6) is 0 Å². The number of H-pyrrole nitrogens is 1. The van der Waals surface area contributed by atoms with Crippen molar-refractivity contribution in [3.63, 3.8) is 0 Å². The topological polar surface area (TPSA) is 121 Å². The Morgan fingerprint density at radius 2 is 1.90 bits per heavy atom. The predicted octanol–water partition coefficient (Wildman–Crippen LogP) is 3.23. The Balaban J connectivity index is 1.68. The van der Waals surface area contributed by atoms with Gasteiger partial charge in [-0.15, -0.1) is 0 Å². The molecule has 9 nitrogen and oxygen atoms in total. The molecule has 0 saturated carbocycles. The highest BCUT2D eigenvalue weighted by Crippen LogP contribution is 2.44. The van der Waals surface area contributed by atoms with Crippen LogP contribution in [-0.4, -0.2) is 33.8 Å². The molecule has 1 aromatic carbocycles. The fraction of sp³-hybridized carbons (Fsp3) is 0.409. The average Bonchev–Trinajstić information content (AvgIpc) is 2.78. The molecule has 1 aliphatic carbocycles. The quantitative estimate of drug-likeness (QED) is 0.576. The van der Waals surface area contributed by atoms with Gasteiger partial charge in [0.1, 0.15) is 5.82 Å². The zero-order chi connectivity index (χ0) is 21.5. The molecule has 0 radical (unpaired) electrons. The van der Waals surface area contributed by atoms with Crippen molar-refractivity contribution in [2.24, 2.45) is 0 Å². The fourth-order valence-electron chi connectivity index (χ4n) is 4.86. The first-order valence-corrected chi connectivity index (χ1v) is 10.7. The summed E-state index contributed by atoms with van der Waals surface area (Å²) in [5, 5.41) is 14.6. The lowest BCUT2D eigenvalue weighted by Gasteiger charge is -2.34. The number of rotatable bonds is 3. The minimum atomic E-state index is -0.675. The Hall–Kier alpha value is -3.49. The van der Waals surface area contributed by atoms with E-state index in [-0.39, 0.29) is 17.0 Å². The number of ketones is 1. The Morgan fingerprint density at radius 1 is 1.10 bits per heavy atom. The minimum Gasteiger partial charge on any atom is -0.343 e. The van der Waals surface area contributed by atoms with E-state index >= 15 is 0 Å². The van der Waals surface area contributed by atoms with Gasteiger partial charge in [-0.05, 0) is 37.7 Å². The maximum absolute atomic E-state index is 13.3. The molecule has 0 amide bonds. The molecule has 0 unspecified atom stereocenters. The third-order valence-electron chi connectivity index (χ3n) is 6.32. The van der Waals surface area contributed by atoms with Crippen molar-refractivity contribution >= 4 is 23.2 Å². The molecule has 1 aromatic heterocycles. The Morgan fingerprint density at radius 3 is 2.68 bits per heavy atom. The van der Waals surface area contributed by atoms with Gasteiger partial charge in [0.15, 0.2) is 5.78 Å². The summed E-state index contributed by atoms with van der Waals surface area (Å²) in [6, 6.07) is 6.18. The lowest BCUT2D eigenvalue weighted by molar-refractivity contribution is -0.384. The molecule has 160 valence electrons. The number of nitrogens with zero attached hydrogens (tertiary/aromatic N) is 3. The maximum atomic E-state index is 13.3. The Bertz CT molecular complexity index is 1160. The van der Waals surface area contributed by atoms with Crippen LogP contribution in [-0.2, 0) is 4.79 Å². The number of piperidine rings is 1. The number of nitrogens with one attached hydrogen (secondary N) is 2. The van der Waals surface area contributed by atoms with Crippen LogP contribution in [0.4, 0.5) is 17.5 Å². The number of Topliss-reactive ketones (excluding diaryl/α,β-unsaturated/α-hetero) is 1. The van der Waals surface area contributed by atoms with Crippen molar-refractivity contribution in [3.8, 4) is 0 Å². The van der Waals surface area contributed by atoms with Gasteiger partial charge in [-0.3, -0.25) is 24.7 Å². The first kappa shape index (κ1) is 19.5. The highest BCUT2D eigenvalue weighted by atomic mass is 16.6. The average molecular weight is 421 g/mol. The highest BCUT2D eigenvalue weighted by Gasteiger charge is 2.38. The van der Waals surface area contributed by atoms with Gasteiger partial charge < -0.3 is 10.2 Å². The number of aromatic nitrogens is 2. The van der Waals surface area contributed by atoms with E-state index in [1.54, 1.807) is 12.1 Å². The number of hydrogen-bond donors (Lipinski definition) is 2. The molecule has 3 heterocycles. The first-order valence-electron chi connectivity index (χ1n) is 10.7. The summed E-state index contributed by atoms with van der Waals surface area (Å²) >= 11 is 0. The lowest BCUT2D eigenvalue weighted by Crippen LogP contribution is -2.36. The smallest absolute Gasteiger partial charge is 0.269 e. The highest BCUT2D eigenvalue weighted by molar-refractivity contribution is 6.01.